The van der Waals surface area contributed by atoms with E-state index in [4.69, 9.17) is 23.2 Å². The average Bonchev–Trinajstić information content (AvgIpc) is 2.50. The fourth-order valence-corrected chi connectivity index (χ4v) is 2.96. The number of aryl methyl sites for hydroxylation is 1. The van der Waals surface area contributed by atoms with Crippen LogP contribution in [0.25, 0.3) is 10.9 Å². The maximum absolute atomic E-state index is 12.5. The first kappa shape index (κ1) is 16.5. The van der Waals surface area contributed by atoms with Crippen LogP contribution in [0.2, 0.25) is 10.0 Å². The number of benzene rings is 2. The summed E-state index contributed by atoms with van der Waals surface area (Å²) in [6.45, 7) is 1.55. The predicted octanol–water partition coefficient (Wildman–Crippen LogP) is 3.65. The Morgan fingerprint density at radius 1 is 1.17 bits per heavy atom. The second kappa shape index (κ2) is 6.63. The van der Waals surface area contributed by atoms with E-state index in [0.29, 0.717) is 32.5 Å². The molecule has 0 fully saturated rings. The van der Waals surface area contributed by atoms with Gasteiger partial charge in [0.1, 0.15) is 12.4 Å². The molecule has 24 heavy (non-hydrogen) atoms. The normalized spacial score (nSPS) is 10.8. The molecular formula is C17H13Cl2N3O2. The molecule has 0 spiro atoms. The van der Waals surface area contributed by atoms with E-state index in [1.165, 1.54) is 4.57 Å². The van der Waals surface area contributed by atoms with Gasteiger partial charge in [-0.3, -0.25) is 14.2 Å². The second-order valence-electron chi connectivity index (χ2n) is 5.27. The summed E-state index contributed by atoms with van der Waals surface area (Å²) >= 11 is 11.8. The van der Waals surface area contributed by atoms with Crippen molar-refractivity contribution < 1.29 is 4.79 Å². The highest BCUT2D eigenvalue weighted by Crippen LogP contribution is 2.22. The summed E-state index contributed by atoms with van der Waals surface area (Å²) in [5, 5.41) is 3.98. The Hall–Kier alpha value is -2.37. The minimum Gasteiger partial charge on any atom is -0.324 e. The lowest BCUT2D eigenvalue weighted by Crippen LogP contribution is -2.30. The Labute approximate surface area is 147 Å². The minimum atomic E-state index is -0.365. The van der Waals surface area contributed by atoms with Gasteiger partial charge in [-0.2, -0.15) is 0 Å². The highest BCUT2D eigenvalue weighted by molar-refractivity contribution is 6.35. The molecule has 0 aliphatic carbocycles. The molecule has 3 aromatic rings. The number of fused-ring (bicyclic) bond motifs is 1. The second-order valence-corrected chi connectivity index (χ2v) is 6.15. The molecule has 0 saturated heterocycles. The maximum atomic E-state index is 12.5. The smallest absolute Gasteiger partial charge is 0.261 e. The third kappa shape index (κ3) is 3.42. The number of carbonyl (C=O) groups excluding carboxylic acids is 1. The number of nitrogens with zero attached hydrogens (tertiary/aromatic N) is 2. The summed E-state index contributed by atoms with van der Waals surface area (Å²) in [4.78, 5) is 29.2. The van der Waals surface area contributed by atoms with Crippen LogP contribution in [0.15, 0.2) is 47.3 Å². The van der Waals surface area contributed by atoms with Crippen molar-refractivity contribution in [3.63, 3.8) is 0 Å². The van der Waals surface area contributed by atoms with Crippen molar-refractivity contribution in [2.75, 3.05) is 5.32 Å². The van der Waals surface area contributed by atoms with E-state index in [0.717, 1.165) is 0 Å². The Kier molecular flexibility index (Phi) is 4.55. The molecule has 2 aromatic carbocycles. The van der Waals surface area contributed by atoms with Crippen molar-refractivity contribution in [1.82, 2.24) is 9.55 Å². The first-order chi connectivity index (χ1) is 11.4. The van der Waals surface area contributed by atoms with E-state index in [1.807, 2.05) is 6.07 Å². The molecule has 7 heteroatoms. The Bertz CT molecular complexity index is 979. The van der Waals surface area contributed by atoms with Gasteiger partial charge in [0.05, 0.1) is 10.9 Å². The first-order valence-corrected chi connectivity index (χ1v) is 7.92. The average molecular weight is 362 g/mol. The lowest BCUT2D eigenvalue weighted by Gasteiger charge is -2.11. The number of amides is 1. The molecule has 0 bridgehead atoms. The molecule has 122 valence electrons. The monoisotopic (exact) mass is 361 g/mol. The summed E-state index contributed by atoms with van der Waals surface area (Å²) < 4.78 is 1.34. The summed E-state index contributed by atoms with van der Waals surface area (Å²) in [6.07, 6.45) is 0. The van der Waals surface area contributed by atoms with Crippen molar-refractivity contribution in [2.24, 2.45) is 0 Å². The maximum Gasteiger partial charge on any atom is 0.261 e. The number of hydrogen-bond donors (Lipinski definition) is 1. The predicted molar refractivity (Wildman–Crippen MR) is 95.8 cm³/mol. The van der Waals surface area contributed by atoms with Crippen molar-refractivity contribution in [2.45, 2.75) is 13.5 Å². The van der Waals surface area contributed by atoms with Crippen LogP contribution in [0.3, 0.4) is 0 Å². The largest absolute Gasteiger partial charge is 0.324 e. The van der Waals surface area contributed by atoms with Gasteiger partial charge in [-0.1, -0.05) is 35.3 Å². The molecule has 1 amide bonds. The summed E-state index contributed by atoms with van der Waals surface area (Å²) in [5.41, 5.74) is 0.826. The van der Waals surface area contributed by atoms with Gasteiger partial charge >= 0.3 is 0 Å². The molecule has 0 unspecified atom stereocenters. The third-order valence-corrected chi connectivity index (χ3v) is 3.94. The molecule has 0 saturated carbocycles. The van der Waals surface area contributed by atoms with Crippen LogP contribution in [0.1, 0.15) is 5.82 Å². The number of para-hydroxylation sites is 1. The van der Waals surface area contributed by atoms with E-state index >= 15 is 0 Å². The highest BCUT2D eigenvalue weighted by Gasteiger charge is 2.12. The van der Waals surface area contributed by atoms with E-state index in [9.17, 15) is 9.59 Å². The minimum absolute atomic E-state index is 0.146. The zero-order valence-corrected chi connectivity index (χ0v) is 14.2. The number of aromatic nitrogens is 2. The molecule has 1 heterocycles. The summed E-state index contributed by atoms with van der Waals surface area (Å²) in [6, 6.07) is 11.8. The summed E-state index contributed by atoms with van der Waals surface area (Å²) in [5.74, 6) is 0.105. The third-order valence-electron chi connectivity index (χ3n) is 3.50. The van der Waals surface area contributed by atoms with Crippen LogP contribution in [0, 0.1) is 6.92 Å². The van der Waals surface area contributed by atoms with Gasteiger partial charge < -0.3 is 5.32 Å². The van der Waals surface area contributed by atoms with Gasteiger partial charge in [0.2, 0.25) is 5.91 Å². The SMILES string of the molecule is Cc1nc2ccccc2c(=O)n1CC(=O)Nc1cc(Cl)cc(Cl)c1. The lowest BCUT2D eigenvalue weighted by molar-refractivity contribution is -0.116. The topological polar surface area (TPSA) is 64.0 Å². The zero-order chi connectivity index (χ0) is 17.3. The number of rotatable bonds is 3. The van der Waals surface area contributed by atoms with Gasteiger partial charge in [-0.15, -0.1) is 0 Å². The number of halogens is 2. The van der Waals surface area contributed by atoms with Crippen molar-refractivity contribution >= 4 is 45.7 Å². The Morgan fingerprint density at radius 3 is 2.54 bits per heavy atom. The van der Waals surface area contributed by atoms with Crippen molar-refractivity contribution in [3.05, 3.63) is 68.7 Å². The quantitative estimate of drug-likeness (QED) is 0.774. The molecule has 3 rings (SSSR count). The van der Waals surface area contributed by atoms with Gasteiger partial charge in [0, 0.05) is 15.7 Å². The van der Waals surface area contributed by atoms with E-state index in [-0.39, 0.29) is 18.0 Å². The summed E-state index contributed by atoms with van der Waals surface area (Å²) in [7, 11) is 0. The van der Waals surface area contributed by atoms with Crippen LogP contribution in [-0.4, -0.2) is 15.5 Å². The van der Waals surface area contributed by atoms with Gasteiger partial charge in [-0.05, 0) is 37.3 Å². The molecule has 0 aliphatic heterocycles. The molecule has 0 aliphatic rings. The van der Waals surface area contributed by atoms with Crippen LogP contribution in [0.5, 0.6) is 0 Å². The zero-order valence-electron chi connectivity index (χ0n) is 12.7. The van der Waals surface area contributed by atoms with E-state index in [2.05, 4.69) is 10.3 Å². The number of carbonyl (C=O) groups is 1. The fraction of sp³-hybridized carbons (Fsp3) is 0.118. The van der Waals surface area contributed by atoms with Crippen LogP contribution in [-0.2, 0) is 11.3 Å². The van der Waals surface area contributed by atoms with Gasteiger partial charge in [0.15, 0.2) is 0 Å². The van der Waals surface area contributed by atoms with Crippen LogP contribution < -0.4 is 10.9 Å². The van der Waals surface area contributed by atoms with Gasteiger partial charge in [-0.25, -0.2) is 4.98 Å². The molecule has 0 radical (unpaired) electrons. The number of hydrogen-bond acceptors (Lipinski definition) is 3. The van der Waals surface area contributed by atoms with Crippen molar-refractivity contribution in [3.8, 4) is 0 Å². The molecule has 1 N–H and O–H groups in total. The van der Waals surface area contributed by atoms with E-state index in [1.54, 1.807) is 43.3 Å². The number of nitrogens with one attached hydrogen (secondary N) is 1. The van der Waals surface area contributed by atoms with E-state index < -0.39 is 0 Å². The standard InChI is InChI=1S/C17H13Cl2N3O2/c1-10-20-15-5-3-2-4-14(15)17(24)22(10)9-16(23)21-13-7-11(18)6-12(19)8-13/h2-8H,9H2,1H3,(H,21,23). The van der Waals surface area contributed by atoms with Crippen LogP contribution >= 0.6 is 23.2 Å². The van der Waals surface area contributed by atoms with Crippen LogP contribution in [0.4, 0.5) is 5.69 Å². The highest BCUT2D eigenvalue weighted by atomic mass is 35.5. The number of anilines is 1. The van der Waals surface area contributed by atoms with Gasteiger partial charge in [0.25, 0.3) is 5.56 Å². The molecule has 5 nitrogen and oxygen atoms in total. The molecule has 1 aromatic heterocycles. The van der Waals surface area contributed by atoms with Crippen molar-refractivity contribution in [1.29, 1.82) is 0 Å². The Balaban J connectivity index is 1.89. The lowest BCUT2D eigenvalue weighted by atomic mass is 10.2. The first-order valence-electron chi connectivity index (χ1n) is 7.16. The molecular weight excluding hydrogens is 349 g/mol. The molecule has 0 atom stereocenters. The fourth-order valence-electron chi connectivity index (χ4n) is 2.44. The Morgan fingerprint density at radius 2 is 1.83 bits per heavy atom.